The standard InChI is InChI=1S/C20H27NO6/c1-10-7-8-12(11(2)9-10)21-17(22)15-13-14(25-19(3,4)24-13)16-18(23-15)27-20(5,6)26-16/h7-9,13-16,18H,1-6H3,(H,21,22)/t13-,14-,15-,16-,18-/m1/s1. The number of anilines is 1. The Bertz CT molecular complexity index is 761. The van der Waals surface area contributed by atoms with Crippen LogP contribution in [0.25, 0.3) is 0 Å². The van der Waals surface area contributed by atoms with Gasteiger partial charge >= 0.3 is 0 Å². The quantitative estimate of drug-likeness (QED) is 0.854. The maximum absolute atomic E-state index is 13.0. The largest absolute Gasteiger partial charge is 0.342 e. The number of fused-ring (bicyclic) bond motifs is 3. The third-order valence-electron chi connectivity index (χ3n) is 5.05. The van der Waals surface area contributed by atoms with Gasteiger partial charge in [-0.3, -0.25) is 4.79 Å². The van der Waals surface area contributed by atoms with Crippen LogP contribution in [0.2, 0.25) is 0 Å². The summed E-state index contributed by atoms with van der Waals surface area (Å²) in [6.45, 7) is 11.2. The summed E-state index contributed by atoms with van der Waals surface area (Å²) in [5.74, 6) is -1.93. The van der Waals surface area contributed by atoms with Crippen LogP contribution in [0, 0.1) is 13.8 Å². The first-order valence-corrected chi connectivity index (χ1v) is 9.29. The van der Waals surface area contributed by atoms with Crippen molar-refractivity contribution in [1.82, 2.24) is 0 Å². The lowest BCUT2D eigenvalue weighted by Crippen LogP contribution is -2.58. The normalized spacial score (nSPS) is 36.1. The average molecular weight is 377 g/mol. The van der Waals surface area contributed by atoms with Gasteiger partial charge in [-0.15, -0.1) is 0 Å². The van der Waals surface area contributed by atoms with E-state index in [0.717, 1.165) is 16.8 Å². The number of carbonyl (C=O) groups excluding carboxylic acids is 1. The Balaban J connectivity index is 1.59. The van der Waals surface area contributed by atoms with Crippen molar-refractivity contribution in [2.24, 2.45) is 0 Å². The molecule has 0 unspecified atom stereocenters. The lowest BCUT2D eigenvalue weighted by atomic mass is 9.98. The summed E-state index contributed by atoms with van der Waals surface area (Å²) in [6.07, 6.45) is -3.03. The highest BCUT2D eigenvalue weighted by Gasteiger charge is 2.62. The van der Waals surface area contributed by atoms with Crippen molar-refractivity contribution in [3.05, 3.63) is 29.3 Å². The van der Waals surface area contributed by atoms with Gasteiger partial charge in [0.1, 0.15) is 18.3 Å². The summed E-state index contributed by atoms with van der Waals surface area (Å²) in [6, 6.07) is 5.86. The fourth-order valence-electron chi connectivity index (χ4n) is 3.98. The summed E-state index contributed by atoms with van der Waals surface area (Å²) in [4.78, 5) is 13.0. The monoisotopic (exact) mass is 377 g/mol. The summed E-state index contributed by atoms with van der Waals surface area (Å²) in [5, 5.41) is 2.95. The first kappa shape index (κ1) is 18.8. The van der Waals surface area contributed by atoms with Crippen LogP contribution in [0.5, 0.6) is 0 Å². The third kappa shape index (κ3) is 3.50. The number of carbonyl (C=O) groups is 1. The second-order valence-electron chi connectivity index (χ2n) is 8.40. The predicted molar refractivity (Wildman–Crippen MR) is 97.1 cm³/mol. The summed E-state index contributed by atoms with van der Waals surface area (Å²) in [5.41, 5.74) is 2.87. The molecule has 0 bridgehead atoms. The molecule has 7 heteroatoms. The number of hydrogen-bond donors (Lipinski definition) is 1. The zero-order valence-corrected chi connectivity index (χ0v) is 16.6. The van der Waals surface area contributed by atoms with Crippen molar-refractivity contribution in [2.75, 3.05) is 5.32 Å². The molecular weight excluding hydrogens is 350 g/mol. The van der Waals surface area contributed by atoms with Gasteiger partial charge < -0.3 is 29.0 Å². The molecule has 27 heavy (non-hydrogen) atoms. The fraction of sp³-hybridized carbons (Fsp3) is 0.650. The molecule has 0 aliphatic carbocycles. The first-order valence-electron chi connectivity index (χ1n) is 9.29. The molecular formula is C20H27NO6. The van der Waals surface area contributed by atoms with Crippen molar-refractivity contribution in [3.63, 3.8) is 0 Å². The number of ether oxygens (including phenoxy) is 5. The second-order valence-corrected chi connectivity index (χ2v) is 8.40. The second kappa shape index (κ2) is 6.25. The highest BCUT2D eigenvalue weighted by atomic mass is 16.9. The molecule has 7 nitrogen and oxygen atoms in total. The van der Waals surface area contributed by atoms with Crippen molar-refractivity contribution < 1.29 is 28.5 Å². The van der Waals surface area contributed by atoms with E-state index < -0.39 is 42.3 Å². The summed E-state index contributed by atoms with van der Waals surface area (Å²) >= 11 is 0. The molecule has 148 valence electrons. The highest BCUT2D eigenvalue weighted by Crippen LogP contribution is 2.44. The van der Waals surface area contributed by atoms with Gasteiger partial charge in [0.05, 0.1) is 0 Å². The van der Waals surface area contributed by atoms with Gasteiger partial charge in [0.25, 0.3) is 5.91 Å². The van der Waals surface area contributed by atoms with E-state index in [1.165, 1.54) is 0 Å². The Morgan fingerprint density at radius 2 is 1.56 bits per heavy atom. The fourth-order valence-corrected chi connectivity index (χ4v) is 3.98. The van der Waals surface area contributed by atoms with E-state index in [2.05, 4.69) is 5.32 Å². The highest BCUT2D eigenvalue weighted by molar-refractivity contribution is 5.95. The van der Waals surface area contributed by atoms with Crippen molar-refractivity contribution in [1.29, 1.82) is 0 Å². The molecule has 1 N–H and O–H groups in total. The third-order valence-corrected chi connectivity index (χ3v) is 5.05. The van der Waals surface area contributed by atoms with Crippen LogP contribution in [-0.4, -0.2) is 48.2 Å². The minimum absolute atomic E-state index is 0.287. The van der Waals surface area contributed by atoms with Gasteiger partial charge in [0.2, 0.25) is 0 Å². The van der Waals surface area contributed by atoms with E-state index in [1.807, 2.05) is 59.7 Å². The number of amides is 1. The lowest BCUT2D eigenvalue weighted by Gasteiger charge is -2.36. The Labute approximate surface area is 159 Å². The molecule has 3 saturated heterocycles. The van der Waals surface area contributed by atoms with Gasteiger partial charge in [0.15, 0.2) is 24.0 Å². The molecule has 3 aliphatic rings. The molecule has 4 rings (SSSR count). The molecule has 1 aromatic rings. The van der Waals surface area contributed by atoms with Gasteiger partial charge in [-0.1, -0.05) is 17.7 Å². The van der Waals surface area contributed by atoms with Crippen LogP contribution >= 0.6 is 0 Å². The van der Waals surface area contributed by atoms with E-state index in [9.17, 15) is 4.79 Å². The Morgan fingerprint density at radius 3 is 2.26 bits per heavy atom. The van der Waals surface area contributed by atoms with Gasteiger partial charge in [-0.05, 0) is 53.2 Å². The SMILES string of the molecule is Cc1ccc(NC(=O)[C@@H]2O[C@@H]3OC(C)(C)O[C@@H]3[C@@H]3OC(C)(C)O[C@H]32)c(C)c1. The van der Waals surface area contributed by atoms with Gasteiger partial charge in [0, 0.05) is 5.69 Å². The van der Waals surface area contributed by atoms with Crippen LogP contribution in [0.3, 0.4) is 0 Å². The molecule has 1 amide bonds. The van der Waals surface area contributed by atoms with Gasteiger partial charge in [-0.2, -0.15) is 0 Å². The number of hydrogen-bond acceptors (Lipinski definition) is 6. The van der Waals surface area contributed by atoms with Crippen LogP contribution in [0.4, 0.5) is 5.69 Å². The average Bonchev–Trinajstić information content (AvgIpc) is 3.03. The molecule has 5 atom stereocenters. The molecule has 3 heterocycles. The Kier molecular flexibility index (Phi) is 4.36. The zero-order valence-electron chi connectivity index (χ0n) is 16.6. The molecule has 0 aromatic heterocycles. The minimum atomic E-state index is -0.865. The molecule has 3 aliphatic heterocycles. The minimum Gasteiger partial charge on any atom is -0.342 e. The summed E-state index contributed by atoms with van der Waals surface area (Å²) < 4.78 is 29.8. The Morgan fingerprint density at radius 1 is 0.926 bits per heavy atom. The van der Waals surface area contributed by atoms with E-state index in [1.54, 1.807) is 0 Å². The van der Waals surface area contributed by atoms with Crippen LogP contribution in [-0.2, 0) is 28.5 Å². The Hall–Kier alpha value is -1.51. The number of aryl methyl sites for hydroxylation is 2. The van der Waals surface area contributed by atoms with E-state index >= 15 is 0 Å². The zero-order chi connectivity index (χ0) is 19.6. The van der Waals surface area contributed by atoms with E-state index in [-0.39, 0.29) is 5.91 Å². The van der Waals surface area contributed by atoms with Gasteiger partial charge in [-0.25, -0.2) is 0 Å². The molecule has 0 radical (unpaired) electrons. The maximum Gasteiger partial charge on any atom is 0.256 e. The lowest BCUT2D eigenvalue weighted by molar-refractivity contribution is -0.229. The van der Waals surface area contributed by atoms with Crippen molar-refractivity contribution in [3.8, 4) is 0 Å². The summed E-state index contributed by atoms with van der Waals surface area (Å²) in [7, 11) is 0. The smallest absolute Gasteiger partial charge is 0.256 e. The molecule has 0 spiro atoms. The first-order chi connectivity index (χ1) is 12.5. The number of nitrogens with one attached hydrogen (secondary N) is 1. The maximum atomic E-state index is 13.0. The van der Waals surface area contributed by atoms with Crippen molar-refractivity contribution >= 4 is 11.6 Å². The molecule has 0 saturated carbocycles. The number of benzene rings is 1. The molecule has 3 fully saturated rings. The predicted octanol–water partition coefficient (Wildman–Crippen LogP) is 2.64. The van der Waals surface area contributed by atoms with Crippen LogP contribution in [0.15, 0.2) is 18.2 Å². The van der Waals surface area contributed by atoms with Crippen LogP contribution in [0.1, 0.15) is 38.8 Å². The topological polar surface area (TPSA) is 75.3 Å². The number of rotatable bonds is 2. The van der Waals surface area contributed by atoms with Crippen molar-refractivity contribution in [2.45, 2.75) is 83.8 Å². The van der Waals surface area contributed by atoms with Crippen LogP contribution < -0.4 is 5.32 Å². The van der Waals surface area contributed by atoms with E-state index in [4.69, 9.17) is 23.7 Å². The molecule has 1 aromatic carbocycles. The van der Waals surface area contributed by atoms with E-state index in [0.29, 0.717) is 0 Å².